The van der Waals surface area contributed by atoms with Gasteiger partial charge in [0.15, 0.2) is 0 Å². The summed E-state index contributed by atoms with van der Waals surface area (Å²) in [6.07, 6.45) is 0. The van der Waals surface area contributed by atoms with Crippen LogP contribution in [0.15, 0.2) is 51.7 Å². The molecule has 0 aliphatic carbocycles. The molecule has 3 aromatic rings. The first-order valence-electron chi connectivity index (χ1n) is 6.44. The fourth-order valence-corrected chi connectivity index (χ4v) is 2.15. The molecule has 0 saturated heterocycles. The minimum atomic E-state index is -0.585. The molecule has 0 radical (unpaired) electrons. The predicted molar refractivity (Wildman–Crippen MR) is 77.4 cm³/mol. The zero-order chi connectivity index (χ0) is 14.8. The van der Waals surface area contributed by atoms with Crippen LogP contribution in [0.1, 0.15) is 10.4 Å². The lowest BCUT2D eigenvalue weighted by Crippen LogP contribution is -2.10. The highest BCUT2D eigenvalue weighted by atomic mass is 16.5. The average molecular weight is 284 g/mol. The number of carbonyl (C=O) groups excluding carboxylic acids is 1. The number of aliphatic hydroxyl groups excluding tert-OH is 1. The first kappa shape index (κ1) is 13.3. The number of fused-ring (bicyclic) bond motifs is 2. The largest absolute Gasteiger partial charge is 0.460 e. The van der Waals surface area contributed by atoms with Gasteiger partial charge in [-0.25, -0.2) is 4.79 Å². The van der Waals surface area contributed by atoms with E-state index in [1.54, 1.807) is 30.3 Å². The molecule has 0 amide bonds. The van der Waals surface area contributed by atoms with Crippen LogP contribution in [0.4, 0.5) is 0 Å². The summed E-state index contributed by atoms with van der Waals surface area (Å²) in [5.41, 5.74) is 0.977. The summed E-state index contributed by atoms with van der Waals surface area (Å²) in [6, 6.07) is 11.5. The van der Waals surface area contributed by atoms with E-state index in [4.69, 9.17) is 14.3 Å². The van der Waals surface area contributed by atoms with Gasteiger partial charge < -0.3 is 14.3 Å². The van der Waals surface area contributed by atoms with Gasteiger partial charge in [-0.15, -0.1) is 0 Å². The Kier molecular flexibility index (Phi) is 3.41. The number of para-hydroxylation sites is 1. The monoisotopic (exact) mass is 284 g/mol. The second-order valence-corrected chi connectivity index (χ2v) is 4.50. The molecule has 0 bridgehead atoms. The number of hydrogen-bond acceptors (Lipinski definition) is 5. The first-order valence-corrected chi connectivity index (χ1v) is 6.44. The number of carbonyl (C=O) groups is 1. The summed E-state index contributed by atoms with van der Waals surface area (Å²) in [5.74, 6) is -0.585. The van der Waals surface area contributed by atoms with Crippen molar-refractivity contribution in [2.45, 2.75) is 0 Å². The standard InChI is InChI=1S/C16H12O5/c17-7-8-20-16(19)10-5-6-14-12(9-10)15(18)11-3-1-2-4-13(11)21-14/h1-6,9,17H,7-8H2. The summed E-state index contributed by atoms with van der Waals surface area (Å²) in [4.78, 5) is 24.2. The van der Waals surface area contributed by atoms with Crippen molar-refractivity contribution >= 4 is 27.9 Å². The van der Waals surface area contributed by atoms with Crippen LogP contribution in [-0.4, -0.2) is 24.3 Å². The fourth-order valence-electron chi connectivity index (χ4n) is 2.15. The van der Waals surface area contributed by atoms with E-state index in [1.165, 1.54) is 12.1 Å². The third kappa shape index (κ3) is 2.39. The van der Waals surface area contributed by atoms with Crippen LogP contribution < -0.4 is 5.43 Å². The summed E-state index contributed by atoms with van der Waals surface area (Å²) >= 11 is 0. The lowest BCUT2D eigenvalue weighted by Gasteiger charge is -2.05. The number of hydrogen-bond donors (Lipinski definition) is 1. The number of aliphatic hydroxyl groups is 1. The molecule has 0 spiro atoms. The van der Waals surface area contributed by atoms with E-state index >= 15 is 0 Å². The van der Waals surface area contributed by atoms with Gasteiger partial charge in [-0.2, -0.15) is 0 Å². The number of rotatable bonds is 3. The molecule has 5 heteroatoms. The normalized spacial score (nSPS) is 10.9. The van der Waals surface area contributed by atoms with Crippen molar-refractivity contribution in [2.75, 3.05) is 13.2 Å². The van der Waals surface area contributed by atoms with Gasteiger partial charge in [-0.05, 0) is 30.3 Å². The Morgan fingerprint density at radius 2 is 1.86 bits per heavy atom. The Morgan fingerprint density at radius 3 is 2.67 bits per heavy atom. The van der Waals surface area contributed by atoms with Crippen LogP contribution in [-0.2, 0) is 4.74 Å². The van der Waals surface area contributed by atoms with E-state index in [0.717, 1.165) is 0 Å². The Morgan fingerprint density at radius 1 is 1.10 bits per heavy atom. The van der Waals surface area contributed by atoms with E-state index in [9.17, 15) is 9.59 Å². The van der Waals surface area contributed by atoms with Gasteiger partial charge in [-0.3, -0.25) is 4.79 Å². The average Bonchev–Trinajstić information content (AvgIpc) is 2.52. The van der Waals surface area contributed by atoms with Crippen LogP contribution in [0.5, 0.6) is 0 Å². The molecule has 0 saturated carbocycles. The van der Waals surface area contributed by atoms with E-state index < -0.39 is 5.97 Å². The van der Waals surface area contributed by atoms with Crippen molar-refractivity contribution in [3.8, 4) is 0 Å². The Labute approximate surface area is 119 Å². The second-order valence-electron chi connectivity index (χ2n) is 4.50. The lowest BCUT2D eigenvalue weighted by molar-refractivity contribution is 0.0434. The van der Waals surface area contributed by atoms with Gasteiger partial charge in [-0.1, -0.05) is 12.1 Å². The minimum Gasteiger partial charge on any atom is -0.460 e. The molecule has 3 rings (SSSR count). The minimum absolute atomic E-state index is 0.0802. The van der Waals surface area contributed by atoms with E-state index in [-0.39, 0.29) is 24.2 Å². The van der Waals surface area contributed by atoms with Gasteiger partial charge in [0.2, 0.25) is 5.43 Å². The maximum atomic E-state index is 12.4. The lowest BCUT2D eigenvalue weighted by atomic mass is 10.1. The second kappa shape index (κ2) is 5.38. The number of benzene rings is 2. The van der Waals surface area contributed by atoms with Crippen LogP contribution in [0.25, 0.3) is 21.9 Å². The van der Waals surface area contributed by atoms with Crippen molar-refractivity contribution in [2.24, 2.45) is 0 Å². The third-order valence-electron chi connectivity index (χ3n) is 3.14. The zero-order valence-corrected chi connectivity index (χ0v) is 11.0. The van der Waals surface area contributed by atoms with Crippen LogP contribution >= 0.6 is 0 Å². The molecule has 0 aliphatic rings. The molecule has 2 aromatic carbocycles. The first-order chi connectivity index (χ1) is 10.2. The molecule has 21 heavy (non-hydrogen) atoms. The summed E-state index contributed by atoms with van der Waals surface area (Å²) < 4.78 is 10.5. The van der Waals surface area contributed by atoms with Crippen LogP contribution in [0.2, 0.25) is 0 Å². The van der Waals surface area contributed by atoms with Crippen molar-refractivity contribution in [3.63, 3.8) is 0 Å². The molecule has 0 atom stereocenters. The SMILES string of the molecule is O=C(OCCO)c1ccc2oc3ccccc3c(=O)c2c1. The van der Waals surface area contributed by atoms with Crippen molar-refractivity contribution < 1.29 is 19.1 Å². The molecular formula is C16H12O5. The highest BCUT2D eigenvalue weighted by Gasteiger charge is 2.12. The van der Waals surface area contributed by atoms with Gasteiger partial charge >= 0.3 is 5.97 Å². The zero-order valence-electron chi connectivity index (χ0n) is 11.0. The Bertz CT molecular complexity index is 879. The Balaban J connectivity index is 2.17. The van der Waals surface area contributed by atoms with Crippen molar-refractivity contribution in [1.82, 2.24) is 0 Å². The van der Waals surface area contributed by atoms with E-state index in [1.807, 2.05) is 0 Å². The number of esters is 1. The van der Waals surface area contributed by atoms with Gasteiger partial charge in [0.05, 0.1) is 22.9 Å². The fraction of sp³-hybridized carbons (Fsp3) is 0.125. The smallest absolute Gasteiger partial charge is 0.338 e. The van der Waals surface area contributed by atoms with Gasteiger partial charge in [0.1, 0.15) is 17.8 Å². The molecule has 1 aromatic heterocycles. The van der Waals surface area contributed by atoms with Crippen molar-refractivity contribution in [3.05, 3.63) is 58.3 Å². The van der Waals surface area contributed by atoms with Crippen LogP contribution in [0, 0.1) is 0 Å². The third-order valence-corrected chi connectivity index (χ3v) is 3.14. The molecule has 1 heterocycles. The molecular weight excluding hydrogens is 272 g/mol. The molecule has 106 valence electrons. The number of ether oxygens (including phenoxy) is 1. The highest BCUT2D eigenvalue weighted by molar-refractivity contribution is 5.96. The molecule has 0 aliphatic heterocycles. The summed E-state index contributed by atoms with van der Waals surface area (Å²) in [7, 11) is 0. The maximum absolute atomic E-state index is 12.4. The summed E-state index contributed by atoms with van der Waals surface area (Å²) in [5, 5.41) is 9.44. The quantitative estimate of drug-likeness (QED) is 0.588. The Hall–Kier alpha value is -2.66. The topological polar surface area (TPSA) is 76.7 Å². The van der Waals surface area contributed by atoms with E-state index in [0.29, 0.717) is 21.9 Å². The summed E-state index contributed by atoms with van der Waals surface area (Å²) in [6.45, 7) is -0.324. The molecule has 1 N–H and O–H groups in total. The van der Waals surface area contributed by atoms with Gasteiger partial charge in [0, 0.05) is 0 Å². The van der Waals surface area contributed by atoms with Crippen molar-refractivity contribution in [1.29, 1.82) is 0 Å². The molecule has 0 unspecified atom stereocenters. The van der Waals surface area contributed by atoms with Crippen LogP contribution in [0.3, 0.4) is 0 Å². The predicted octanol–water partition coefficient (Wildman–Crippen LogP) is 2.10. The molecule has 0 fully saturated rings. The van der Waals surface area contributed by atoms with E-state index in [2.05, 4.69) is 0 Å². The molecule has 5 nitrogen and oxygen atoms in total. The van der Waals surface area contributed by atoms with Gasteiger partial charge in [0.25, 0.3) is 0 Å². The highest BCUT2D eigenvalue weighted by Crippen LogP contribution is 2.19. The maximum Gasteiger partial charge on any atom is 0.338 e.